The summed E-state index contributed by atoms with van der Waals surface area (Å²) in [4.78, 5) is 0. The van der Waals surface area contributed by atoms with E-state index in [-0.39, 0.29) is 6.04 Å². The van der Waals surface area contributed by atoms with Crippen molar-refractivity contribution in [2.45, 2.75) is 78.7 Å². The van der Waals surface area contributed by atoms with Crippen LogP contribution in [0.3, 0.4) is 0 Å². The van der Waals surface area contributed by atoms with Gasteiger partial charge < -0.3 is 19.5 Å². The van der Waals surface area contributed by atoms with E-state index in [0.717, 1.165) is 43.1 Å². The van der Waals surface area contributed by atoms with Gasteiger partial charge in [0.05, 0.1) is 26.4 Å². The van der Waals surface area contributed by atoms with Crippen LogP contribution in [-0.2, 0) is 6.42 Å². The van der Waals surface area contributed by atoms with Gasteiger partial charge in [-0.2, -0.15) is 0 Å². The number of rotatable bonds is 10. The number of fused-ring (bicyclic) bond motifs is 1. The van der Waals surface area contributed by atoms with Gasteiger partial charge in [0.1, 0.15) is 5.75 Å². The molecular weight excluding hydrogens is 398 g/mol. The van der Waals surface area contributed by atoms with Crippen molar-refractivity contribution in [1.29, 1.82) is 0 Å². The van der Waals surface area contributed by atoms with E-state index in [9.17, 15) is 0 Å². The van der Waals surface area contributed by atoms with Crippen LogP contribution in [0.15, 0.2) is 24.3 Å². The normalized spacial score (nSPS) is 17.4. The van der Waals surface area contributed by atoms with Crippen LogP contribution in [0.4, 0.5) is 0 Å². The molecule has 1 aliphatic rings. The molecule has 0 fully saturated rings. The van der Waals surface area contributed by atoms with Crippen molar-refractivity contribution in [3.8, 4) is 17.2 Å². The molecule has 0 bridgehead atoms. The molecule has 4 heteroatoms. The molecule has 0 saturated carbocycles. The van der Waals surface area contributed by atoms with Crippen molar-refractivity contribution < 1.29 is 14.2 Å². The summed E-state index contributed by atoms with van der Waals surface area (Å²) in [7, 11) is 1.81. The third-order valence-corrected chi connectivity index (χ3v) is 6.85. The van der Waals surface area contributed by atoms with E-state index in [1.165, 1.54) is 27.8 Å². The third kappa shape index (κ3) is 4.91. The van der Waals surface area contributed by atoms with Gasteiger partial charge in [0, 0.05) is 6.54 Å². The Kier molecular flexibility index (Phi) is 8.47. The Morgan fingerprint density at radius 2 is 1.44 bits per heavy atom. The molecular formula is C28H41NO3. The van der Waals surface area contributed by atoms with Crippen molar-refractivity contribution in [1.82, 2.24) is 5.32 Å². The van der Waals surface area contributed by atoms with E-state index in [1.54, 1.807) is 0 Å². The topological polar surface area (TPSA) is 39.7 Å². The van der Waals surface area contributed by atoms with Gasteiger partial charge in [0.25, 0.3) is 0 Å². The predicted molar refractivity (Wildman–Crippen MR) is 133 cm³/mol. The number of methoxy groups -OCH3 is 1. The first-order valence-corrected chi connectivity index (χ1v) is 12.4. The number of ether oxygens (including phenoxy) is 3. The van der Waals surface area contributed by atoms with Crippen LogP contribution in [0, 0.1) is 0 Å². The zero-order valence-corrected chi connectivity index (χ0v) is 21.0. The molecule has 176 valence electrons. The lowest BCUT2D eigenvalue weighted by atomic mass is 9.83. The molecule has 1 N–H and O–H groups in total. The largest absolute Gasteiger partial charge is 0.496 e. The third-order valence-electron chi connectivity index (χ3n) is 6.85. The minimum Gasteiger partial charge on any atom is -0.496 e. The zero-order valence-electron chi connectivity index (χ0n) is 21.0. The van der Waals surface area contributed by atoms with Crippen LogP contribution >= 0.6 is 0 Å². The summed E-state index contributed by atoms with van der Waals surface area (Å²) in [6.07, 6.45) is 3.16. The molecule has 3 unspecified atom stereocenters. The van der Waals surface area contributed by atoms with E-state index in [1.807, 2.05) is 21.0 Å². The van der Waals surface area contributed by atoms with Crippen LogP contribution in [0.5, 0.6) is 17.2 Å². The summed E-state index contributed by atoms with van der Waals surface area (Å²) in [5.74, 6) is 3.63. The SMILES string of the molecule is CCOc1cc2c(cc1OCC)C(c1cc(C(C)CC)c(OC)c(C(C)CC)c1)NCC2. The molecule has 2 aromatic rings. The molecule has 1 heterocycles. The molecule has 3 rings (SSSR count). The van der Waals surface area contributed by atoms with Gasteiger partial charge in [0.15, 0.2) is 11.5 Å². The lowest BCUT2D eigenvalue weighted by molar-refractivity contribution is 0.286. The van der Waals surface area contributed by atoms with E-state index in [0.29, 0.717) is 25.0 Å². The fourth-order valence-corrected chi connectivity index (χ4v) is 4.67. The minimum absolute atomic E-state index is 0.130. The average molecular weight is 440 g/mol. The second-order valence-corrected chi connectivity index (χ2v) is 8.85. The summed E-state index contributed by atoms with van der Waals surface area (Å²) < 4.78 is 17.8. The Bertz CT molecular complexity index is 877. The summed E-state index contributed by atoms with van der Waals surface area (Å²) in [5, 5.41) is 3.78. The van der Waals surface area contributed by atoms with E-state index >= 15 is 0 Å². The first-order chi connectivity index (χ1) is 15.5. The maximum absolute atomic E-state index is 5.97. The zero-order chi connectivity index (χ0) is 23.3. The molecule has 4 nitrogen and oxygen atoms in total. The highest BCUT2D eigenvalue weighted by Gasteiger charge is 2.27. The monoisotopic (exact) mass is 439 g/mol. The Morgan fingerprint density at radius 3 is 1.94 bits per heavy atom. The van der Waals surface area contributed by atoms with Crippen LogP contribution in [-0.4, -0.2) is 26.9 Å². The Hall–Kier alpha value is -2.20. The summed E-state index contributed by atoms with van der Waals surface area (Å²) in [6, 6.07) is 9.23. The summed E-state index contributed by atoms with van der Waals surface area (Å²) >= 11 is 0. The fourth-order valence-electron chi connectivity index (χ4n) is 4.67. The highest BCUT2D eigenvalue weighted by atomic mass is 16.5. The molecule has 0 spiro atoms. The van der Waals surface area contributed by atoms with E-state index in [4.69, 9.17) is 14.2 Å². The van der Waals surface area contributed by atoms with Gasteiger partial charge in [-0.1, -0.05) is 27.7 Å². The second kappa shape index (κ2) is 11.1. The van der Waals surface area contributed by atoms with E-state index in [2.05, 4.69) is 57.3 Å². The maximum atomic E-state index is 5.97. The highest BCUT2D eigenvalue weighted by Crippen LogP contribution is 2.43. The molecule has 1 aliphatic heterocycles. The average Bonchev–Trinajstić information content (AvgIpc) is 2.82. The van der Waals surface area contributed by atoms with Gasteiger partial charge in [-0.15, -0.1) is 0 Å². The van der Waals surface area contributed by atoms with E-state index < -0.39 is 0 Å². The van der Waals surface area contributed by atoms with Gasteiger partial charge in [-0.05, 0) is 97.0 Å². The van der Waals surface area contributed by atoms with Gasteiger partial charge in [-0.3, -0.25) is 0 Å². The maximum Gasteiger partial charge on any atom is 0.161 e. The molecule has 0 aromatic heterocycles. The van der Waals surface area contributed by atoms with Gasteiger partial charge >= 0.3 is 0 Å². The summed E-state index contributed by atoms with van der Waals surface area (Å²) in [5.41, 5.74) is 6.56. The number of hydrogen-bond donors (Lipinski definition) is 1. The Morgan fingerprint density at radius 1 is 0.875 bits per heavy atom. The quantitative estimate of drug-likeness (QED) is 0.444. The number of nitrogens with one attached hydrogen (secondary N) is 1. The smallest absolute Gasteiger partial charge is 0.161 e. The minimum atomic E-state index is 0.130. The van der Waals surface area contributed by atoms with Gasteiger partial charge in [-0.25, -0.2) is 0 Å². The molecule has 3 atom stereocenters. The molecule has 32 heavy (non-hydrogen) atoms. The van der Waals surface area contributed by atoms with Crippen LogP contribution in [0.1, 0.15) is 100 Å². The fraction of sp³-hybridized carbons (Fsp3) is 0.571. The highest BCUT2D eigenvalue weighted by molar-refractivity contribution is 5.55. The predicted octanol–water partition coefficient (Wildman–Crippen LogP) is 6.75. The molecule has 0 aliphatic carbocycles. The van der Waals surface area contributed by atoms with Crippen molar-refractivity contribution in [2.75, 3.05) is 26.9 Å². The molecule has 0 saturated heterocycles. The summed E-state index contributed by atoms with van der Waals surface area (Å²) in [6.45, 7) is 15.3. The lowest BCUT2D eigenvalue weighted by Crippen LogP contribution is -2.31. The first-order valence-electron chi connectivity index (χ1n) is 12.4. The Balaban J connectivity index is 2.17. The van der Waals surface area contributed by atoms with Crippen LogP contribution in [0.25, 0.3) is 0 Å². The molecule has 2 aromatic carbocycles. The number of benzene rings is 2. The first kappa shape index (κ1) is 24.4. The van der Waals surface area contributed by atoms with Crippen molar-refractivity contribution >= 4 is 0 Å². The van der Waals surface area contributed by atoms with Crippen molar-refractivity contribution in [3.63, 3.8) is 0 Å². The van der Waals surface area contributed by atoms with Crippen molar-refractivity contribution in [2.24, 2.45) is 0 Å². The van der Waals surface area contributed by atoms with Crippen molar-refractivity contribution in [3.05, 3.63) is 52.1 Å². The van der Waals surface area contributed by atoms with Gasteiger partial charge in [0.2, 0.25) is 0 Å². The standard InChI is InChI=1S/C28H41NO3/c1-8-18(5)22-14-21(15-23(19(6)9-2)28(22)30-7)27-24-17-26(32-11-4)25(31-10-3)16-20(24)12-13-29-27/h14-19,27,29H,8-13H2,1-7H3. The number of hydrogen-bond acceptors (Lipinski definition) is 4. The van der Waals surface area contributed by atoms with Crippen LogP contribution in [0.2, 0.25) is 0 Å². The second-order valence-electron chi connectivity index (χ2n) is 8.85. The van der Waals surface area contributed by atoms with Crippen LogP contribution < -0.4 is 19.5 Å². The lowest BCUT2D eigenvalue weighted by Gasteiger charge is -2.31. The Labute approximate surface area is 194 Å². The molecule has 0 amide bonds. The molecule has 0 radical (unpaired) electrons.